The molecule has 1 N–H and O–H groups in total. The van der Waals surface area contributed by atoms with Crippen LogP contribution in [0.4, 0.5) is 0 Å². The van der Waals surface area contributed by atoms with Crippen molar-refractivity contribution in [3.8, 4) is 0 Å². The van der Waals surface area contributed by atoms with E-state index in [1.165, 1.54) is 4.90 Å². The number of rotatable bonds is 4. The summed E-state index contributed by atoms with van der Waals surface area (Å²) >= 11 is 0. The number of allylic oxidation sites excluding steroid dienone is 1. The van der Waals surface area contributed by atoms with Crippen molar-refractivity contribution in [1.29, 1.82) is 0 Å². The van der Waals surface area contributed by atoms with Crippen molar-refractivity contribution in [2.75, 3.05) is 19.8 Å². The number of hydrogen-bond donors (Lipinski definition) is 1. The van der Waals surface area contributed by atoms with Crippen molar-refractivity contribution in [3.05, 3.63) is 60.2 Å². The van der Waals surface area contributed by atoms with Gasteiger partial charge in [-0.05, 0) is 31.7 Å². The van der Waals surface area contributed by atoms with Crippen LogP contribution >= 0.6 is 0 Å². The highest BCUT2D eigenvalue weighted by Crippen LogP contribution is 2.53. The maximum atomic E-state index is 14.1. The first-order valence-corrected chi connectivity index (χ1v) is 12.4. The Morgan fingerprint density at radius 3 is 2.69 bits per heavy atom. The van der Waals surface area contributed by atoms with Gasteiger partial charge in [-0.15, -0.1) is 0 Å². The van der Waals surface area contributed by atoms with Gasteiger partial charge in [-0.1, -0.05) is 54.6 Å². The molecule has 186 valence electrons. The summed E-state index contributed by atoms with van der Waals surface area (Å²) in [7, 11) is 0. The molecule has 0 aromatic heterocycles. The van der Waals surface area contributed by atoms with E-state index in [9.17, 15) is 19.5 Å². The number of likely N-dealkylation sites (tertiary alicyclic amines) is 1. The molecule has 8 nitrogen and oxygen atoms in total. The first kappa shape index (κ1) is 23.8. The van der Waals surface area contributed by atoms with Gasteiger partial charge in [0.15, 0.2) is 0 Å². The zero-order valence-electron chi connectivity index (χ0n) is 19.9. The number of cyclic esters (lactones) is 1. The van der Waals surface area contributed by atoms with Crippen LogP contribution in [0.15, 0.2) is 54.6 Å². The fourth-order valence-electron chi connectivity index (χ4n) is 5.91. The molecule has 4 heterocycles. The number of amides is 2. The minimum atomic E-state index is -1.31. The molecular formula is C27H32N2O6. The monoisotopic (exact) mass is 480 g/mol. The van der Waals surface area contributed by atoms with Gasteiger partial charge in [-0.3, -0.25) is 14.4 Å². The number of fused-ring (bicyclic) bond motifs is 2. The number of hydrogen-bond acceptors (Lipinski definition) is 6. The van der Waals surface area contributed by atoms with Gasteiger partial charge in [0.2, 0.25) is 11.8 Å². The topological polar surface area (TPSA) is 96.4 Å². The lowest BCUT2D eigenvalue weighted by molar-refractivity contribution is -0.156. The second-order valence-electron chi connectivity index (χ2n) is 9.82. The third-order valence-corrected chi connectivity index (χ3v) is 7.58. The van der Waals surface area contributed by atoms with E-state index in [0.717, 1.165) is 24.8 Å². The van der Waals surface area contributed by atoms with E-state index in [4.69, 9.17) is 9.47 Å². The molecule has 2 saturated heterocycles. The zero-order valence-corrected chi connectivity index (χ0v) is 19.9. The number of nitrogens with zero attached hydrogens (tertiary/aromatic N) is 2. The van der Waals surface area contributed by atoms with Crippen molar-refractivity contribution < 1.29 is 29.0 Å². The molecule has 1 aromatic carbocycles. The van der Waals surface area contributed by atoms with E-state index >= 15 is 0 Å². The number of carbonyl (C=O) groups is 3. The summed E-state index contributed by atoms with van der Waals surface area (Å²) in [6, 6.07) is 8.07. The van der Waals surface area contributed by atoms with E-state index < -0.39 is 41.6 Å². The Kier molecular flexibility index (Phi) is 6.51. The quantitative estimate of drug-likeness (QED) is 0.522. The van der Waals surface area contributed by atoms with Crippen molar-refractivity contribution in [1.82, 2.24) is 9.80 Å². The molecule has 2 amide bonds. The maximum Gasteiger partial charge on any atom is 0.312 e. The first-order valence-electron chi connectivity index (χ1n) is 12.4. The molecule has 5 rings (SSSR count). The van der Waals surface area contributed by atoms with Crippen LogP contribution in [0, 0.1) is 11.8 Å². The first-order chi connectivity index (χ1) is 17.0. The average Bonchev–Trinajstić information content (AvgIpc) is 3.26. The number of benzene rings is 1. The van der Waals surface area contributed by atoms with Gasteiger partial charge in [0.05, 0.1) is 31.3 Å². The Bertz CT molecular complexity index is 1040. The number of aliphatic hydroxyl groups excluding tert-OH is 1. The molecule has 6 atom stereocenters. The Morgan fingerprint density at radius 2 is 1.91 bits per heavy atom. The van der Waals surface area contributed by atoms with Crippen LogP contribution in [-0.4, -0.2) is 76.2 Å². The Labute approximate surface area is 205 Å². The number of aliphatic hydroxyl groups is 1. The predicted molar refractivity (Wildman–Crippen MR) is 127 cm³/mol. The highest BCUT2D eigenvalue weighted by molar-refractivity contribution is 5.99. The van der Waals surface area contributed by atoms with Crippen LogP contribution in [0.5, 0.6) is 0 Å². The standard InChI is InChI=1S/C27H32N2O6/c1-18(17-30)29-23-25(32)28(16-19-10-5-4-6-11-19)14-9-13-27(23)22(24(29)31)21-20(35-27)12-7-2-3-8-15-34-26(21)33/h4-7,9-13,18,20-23,30H,2-3,8,14-17H2,1H3/b12-7-/t18-,20+,21-,22+,23?,27+/m1/s1. The molecule has 1 unspecified atom stereocenters. The fourth-order valence-corrected chi connectivity index (χ4v) is 5.91. The van der Waals surface area contributed by atoms with Gasteiger partial charge in [0, 0.05) is 13.1 Å². The van der Waals surface area contributed by atoms with E-state index in [-0.39, 0.29) is 18.4 Å². The molecule has 4 aliphatic heterocycles. The third kappa shape index (κ3) is 3.98. The van der Waals surface area contributed by atoms with Gasteiger partial charge in [-0.2, -0.15) is 0 Å². The lowest BCUT2D eigenvalue weighted by Crippen LogP contribution is -2.57. The molecule has 0 bridgehead atoms. The number of ether oxygens (including phenoxy) is 2. The van der Waals surface area contributed by atoms with E-state index in [0.29, 0.717) is 19.7 Å². The summed E-state index contributed by atoms with van der Waals surface area (Å²) in [6.07, 6.45) is 9.31. The number of esters is 1. The van der Waals surface area contributed by atoms with Gasteiger partial charge in [-0.25, -0.2) is 0 Å². The van der Waals surface area contributed by atoms with Crippen LogP contribution in [0.25, 0.3) is 0 Å². The summed E-state index contributed by atoms with van der Waals surface area (Å²) in [5, 5.41) is 9.98. The normalized spacial score (nSPS) is 34.5. The lowest BCUT2D eigenvalue weighted by Gasteiger charge is -2.37. The van der Waals surface area contributed by atoms with Crippen LogP contribution in [-0.2, 0) is 30.4 Å². The molecule has 0 radical (unpaired) electrons. The second-order valence-corrected chi connectivity index (χ2v) is 9.82. The number of carbonyl (C=O) groups excluding carboxylic acids is 3. The molecule has 35 heavy (non-hydrogen) atoms. The molecule has 8 heteroatoms. The van der Waals surface area contributed by atoms with Crippen LogP contribution in [0.3, 0.4) is 0 Å². The minimum absolute atomic E-state index is 0.254. The SMILES string of the molecule is C[C@H](CO)N1C(=O)[C@@H]2[C@@H]3C(=O)OCCCC/C=C\[C@@H]3O[C@@]23C=CCN(Cc2ccccc2)C(=O)C13. The van der Waals surface area contributed by atoms with E-state index in [2.05, 4.69) is 0 Å². The maximum absolute atomic E-state index is 14.1. The molecule has 2 fully saturated rings. The highest BCUT2D eigenvalue weighted by Gasteiger charge is 2.72. The predicted octanol–water partition coefficient (Wildman–Crippen LogP) is 1.83. The van der Waals surface area contributed by atoms with E-state index in [1.807, 2.05) is 48.6 Å². The van der Waals surface area contributed by atoms with Gasteiger partial charge < -0.3 is 24.4 Å². The molecule has 0 saturated carbocycles. The third-order valence-electron chi connectivity index (χ3n) is 7.58. The summed E-state index contributed by atoms with van der Waals surface area (Å²) in [5.41, 5.74) is -0.337. The smallest absolute Gasteiger partial charge is 0.312 e. The largest absolute Gasteiger partial charge is 0.465 e. The van der Waals surface area contributed by atoms with Crippen molar-refractivity contribution in [2.45, 2.75) is 56.5 Å². The molecule has 1 spiro atoms. The summed E-state index contributed by atoms with van der Waals surface area (Å²) in [5.74, 6) is -2.84. The average molecular weight is 481 g/mol. The van der Waals surface area contributed by atoms with Gasteiger partial charge in [0.25, 0.3) is 0 Å². The lowest BCUT2D eigenvalue weighted by atomic mass is 9.78. The molecular weight excluding hydrogens is 448 g/mol. The van der Waals surface area contributed by atoms with Crippen LogP contribution in [0.2, 0.25) is 0 Å². The van der Waals surface area contributed by atoms with Crippen molar-refractivity contribution in [2.24, 2.45) is 11.8 Å². The Balaban J connectivity index is 1.57. The van der Waals surface area contributed by atoms with Crippen LogP contribution in [0.1, 0.15) is 31.7 Å². The molecule has 0 aliphatic carbocycles. The Morgan fingerprint density at radius 1 is 1.11 bits per heavy atom. The second kappa shape index (κ2) is 9.59. The minimum Gasteiger partial charge on any atom is -0.465 e. The van der Waals surface area contributed by atoms with Crippen LogP contribution < -0.4 is 0 Å². The fraction of sp³-hybridized carbons (Fsp3) is 0.519. The summed E-state index contributed by atoms with van der Waals surface area (Å²) in [6.45, 7) is 2.43. The van der Waals surface area contributed by atoms with E-state index in [1.54, 1.807) is 17.9 Å². The molecule has 1 aromatic rings. The zero-order chi connectivity index (χ0) is 24.6. The highest BCUT2D eigenvalue weighted by atomic mass is 16.6. The van der Waals surface area contributed by atoms with Crippen molar-refractivity contribution >= 4 is 17.8 Å². The summed E-state index contributed by atoms with van der Waals surface area (Å²) < 4.78 is 12.1. The Hall–Kier alpha value is -2.97. The molecule has 4 aliphatic rings. The van der Waals surface area contributed by atoms with Gasteiger partial charge >= 0.3 is 5.97 Å². The van der Waals surface area contributed by atoms with Gasteiger partial charge in [0.1, 0.15) is 17.6 Å². The van der Waals surface area contributed by atoms with Crippen molar-refractivity contribution in [3.63, 3.8) is 0 Å². The summed E-state index contributed by atoms with van der Waals surface area (Å²) in [4.78, 5) is 44.4.